The van der Waals surface area contributed by atoms with E-state index >= 15 is 0 Å². The molecule has 5 nitrogen and oxygen atoms in total. The SMILES string of the molecule is O=C(O)C1CCCN(C(C(=O)Nc2ccccc2)c2ccccc2)C1. The van der Waals surface area contributed by atoms with Crippen LogP contribution in [-0.2, 0) is 9.59 Å². The van der Waals surface area contributed by atoms with Crippen molar-refractivity contribution >= 4 is 17.6 Å². The van der Waals surface area contributed by atoms with Crippen molar-refractivity contribution in [3.8, 4) is 0 Å². The molecule has 1 heterocycles. The van der Waals surface area contributed by atoms with E-state index in [1.54, 1.807) is 0 Å². The van der Waals surface area contributed by atoms with Crippen molar-refractivity contribution in [2.45, 2.75) is 18.9 Å². The van der Waals surface area contributed by atoms with Gasteiger partial charge in [0.05, 0.1) is 5.92 Å². The molecule has 0 saturated carbocycles. The van der Waals surface area contributed by atoms with E-state index in [1.807, 2.05) is 65.6 Å². The molecule has 2 N–H and O–H groups in total. The Morgan fingerprint density at radius 1 is 1.04 bits per heavy atom. The number of nitrogens with zero attached hydrogens (tertiary/aromatic N) is 1. The summed E-state index contributed by atoms with van der Waals surface area (Å²) in [6, 6.07) is 18.4. The van der Waals surface area contributed by atoms with Gasteiger partial charge in [0.15, 0.2) is 0 Å². The molecule has 0 aromatic heterocycles. The first kappa shape index (κ1) is 17.2. The highest BCUT2D eigenvalue weighted by atomic mass is 16.4. The molecule has 1 amide bonds. The first-order chi connectivity index (χ1) is 12.1. The van der Waals surface area contributed by atoms with E-state index in [0.29, 0.717) is 19.5 Å². The van der Waals surface area contributed by atoms with E-state index in [1.165, 1.54) is 0 Å². The lowest BCUT2D eigenvalue weighted by molar-refractivity contribution is -0.144. The van der Waals surface area contributed by atoms with E-state index in [2.05, 4.69) is 5.32 Å². The van der Waals surface area contributed by atoms with Crippen molar-refractivity contribution in [1.82, 2.24) is 4.90 Å². The van der Waals surface area contributed by atoms with Crippen LogP contribution < -0.4 is 5.32 Å². The number of carboxylic acid groups (broad SMARTS) is 1. The zero-order valence-corrected chi connectivity index (χ0v) is 14.0. The van der Waals surface area contributed by atoms with Gasteiger partial charge in [0.2, 0.25) is 5.91 Å². The number of amides is 1. The second kappa shape index (κ2) is 7.94. The molecule has 130 valence electrons. The zero-order chi connectivity index (χ0) is 17.6. The molecule has 1 aliphatic rings. The van der Waals surface area contributed by atoms with E-state index in [9.17, 15) is 14.7 Å². The molecule has 2 aromatic rings. The number of aliphatic carboxylic acids is 1. The Balaban J connectivity index is 1.85. The minimum atomic E-state index is -0.792. The molecule has 0 spiro atoms. The molecule has 1 fully saturated rings. The molecular weight excluding hydrogens is 316 g/mol. The summed E-state index contributed by atoms with van der Waals surface area (Å²) in [6.07, 6.45) is 1.44. The average molecular weight is 338 g/mol. The highest BCUT2D eigenvalue weighted by Gasteiger charge is 2.34. The van der Waals surface area contributed by atoms with Gasteiger partial charge in [-0.2, -0.15) is 0 Å². The van der Waals surface area contributed by atoms with Gasteiger partial charge in [-0.25, -0.2) is 0 Å². The lowest BCUT2D eigenvalue weighted by Crippen LogP contribution is -2.44. The molecule has 1 aliphatic heterocycles. The Labute approximate surface area is 147 Å². The lowest BCUT2D eigenvalue weighted by Gasteiger charge is -2.36. The van der Waals surface area contributed by atoms with Crippen molar-refractivity contribution in [2.24, 2.45) is 5.92 Å². The Hall–Kier alpha value is -2.66. The number of hydrogen-bond donors (Lipinski definition) is 2. The van der Waals surface area contributed by atoms with Gasteiger partial charge in [-0.15, -0.1) is 0 Å². The van der Waals surface area contributed by atoms with Crippen LogP contribution in [0.25, 0.3) is 0 Å². The predicted octanol–water partition coefficient (Wildman–Crippen LogP) is 3.16. The number of carbonyl (C=O) groups is 2. The molecule has 2 aromatic carbocycles. The summed E-state index contributed by atoms with van der Waals surface area (Å²) in [4.78, 5) is 26.4. The van der Waals surface area contributed by atoms with Gasteiger partial charge in [0.25, 0.3) is 0 Å². The van der Waals surface area contributed by atoms with Crippen LogP contribution >= 0.6 is 0 Å². The number of para-hydroxylation sites is 1. The maximum atomic E-state index is 13.0. The number of hydrogen-bond acceptors (Lipinski definition) is 3. The highest BCUT2D eigenvalue weighted by Crippen LogP contribution is 2.28. The van der Waals surface area contributed by atoms with E-state index < -0.39 is 17.9 Å². The molecule has 5 heteroatoms. The molecule has 0 radical (unpaired) electrons. The Bertz CT molecular complexity index is 718. The van der Waals surface area contributed by atoms with Gasteiger partial charge >= 0.3 is 5.97 Å². The maximum Gasteiger partial charge on any atom is 0.307 e. The molecular formula is C20H22N2O3. The molecule has 25 heavy (non-hydrogen) atoms. The average Bonchev–Trinajstić information content (AvgIpc) is 2.64. The largest absolute Gasteiger partial charge is 0.481 e. The summed E-state index contributed by atoms with van der Waals surface area (Å²) < 4.78 is 0. The monoisotopic (exact) mass is 338 g/mol. The molecule has 2 unspecified atom stereocenters. The summed E-state index contributed by atoms with van der Waals surface area (Å²) >= 11 is 0. The third-order valence-electron chi connectivity index (χ3n) is 4.57. The van der Waals surface area contributed by atoms with E-state index in [0.717, 1.165) is 17.7 Å². The second-order valence-corrected chi connectivity index (χ2v) is 6.34. The van der Waals surface area contributed by atoms with Crippen LogP contribution in [0.1, 0.15) is 24.4 Å². The fourth-order valence-corrected chi connectivity index (χ4v) is 3.34. The molecule has 0 aliphatic carbocycles. The van der Waals surface area contributed by atoms with E-state index in [-0.39, 0.29) is 5.91 Å². The van der Waals surface area contributed by atoms with Gasteiger partial charge in [0, 0.05) is 12.2 Å². The number of benzene rings is 2. The van der Waals surface area contributed by atoms with Crippen LogP contribution in [0.15, 0.2) is 60.7 Å². The smallest absolute Gasteiger partial charge is 0.307 e. The topological polar surface area (TPSA) is 69.6 Å². The first-order valence-corrected chi connectivity index (χ1v) is 8.53. The summed E-state index contributed by atoms with van der Waals surface area (Å²) in [6.45, 7) is 1.10. The Morgan fingerprint density at radius 3 is 2.32 bits per heavy atom. The quantitative estimate of drug-likeness (QED) is 0.878. The van der Waals surface area contributed by atoms with Gasteiger partial charge in [0.1, 0.15) is 6.04 Å². The molecule has 1 saturated heterocycles. The number of carboxylic acids is 1. The third kappa shape index (κ3) is 4.25. The van der Waals surface area contributed by atoms with Gasteiger partial charge in [-0.05, 0) is 37.1 Å². The zero-order valence-electron chi connectivity index (χ0n) is 14.0. The number of anilines is 1. The normalized spacial score (nSPS) is 19.1. The summed E-state index contributed by atoms with van der Waals surface area (Å²) in [7, 11) is 0. The Kier molecular flexibility index (Phi) is 5.46. The van der Waals surface area contributed by atoms with E-state index in [4.69, 9.17) is 0 Å². The molecule has 2 atom stereocenters. The lowest BCUT2D eigenvalue weighted by atomic mass is 9.94. The van der Waals surface area contributed by atoms with Gasteiger partial charge in [-0.3, -0.25) is 14.5 Å². The Morgan fingerprint density at radius 2 is 1.68 bits per heavy atom. The van der Waals surface area contributed by atoms with Crippen LogP contribution in [-0.4, -0.2) is 35.0 Å². The minimum absolute atomic E-state index is 0.136. The number of carbonyl (C=O) groups excluding carboxylic acids is 1. The predicted molar refractivity (Wildman–Crippen MR) is 96.2 cm³/mol. The fraction of sp³-hybridized carbons (Fsp3) is 0.300. The van der Waals surface area contributed by atoms with Crippen LogP contribution in [0, 0.1) is 5.92 Å². The van der Waals surface area contributed by atoms with Gasteiger partial charge < -0.3 is 10.4 Å². The molecule has 0 bridgehead atoms. The van der Waals surface area contributed by atoms with Crippen molar-refractivity contribution in [3.05, 3.63) is 66.2 Å². The first-order valence-electron chi connectivity index (χ1n) is 8.53. The minimum Gasteiger partial charge on any atom is -0.481 e. The third-order valence-corrected chi connectivity index (χ3v) is 4.57. The van der Waals surface area contributed by atoms with Crippen molar-refractivity contribution < 1.29 is 14.7 Å². The molecule has 3 rings (SSSR count). The highest BCUT2D eigenvalue weighted by molar-refractivity contribution is 5.95. The summed E-state index contributed by atoms with van der Waals surface area (Å²) in [5.41, 5.74) is 1.61. The van der Waals surface area contributed by atoms with Crippen molar-refractivity contribution in [3.63, 3.8) is 0 Å². The van der Waals surface area contributed by atoms with Crippen LogP contribution in [0.4, 0.5) is 5.69 Å². The number of likely N-dealkylation sites (tertiary alicyclic amines) is 1. The maximum absolute atomic E-state index is 13.0. The second-order valence-electron chi connectivity index (χ2n) is 6.34. The number of nitrogens with one attached hydrogen (secondary N) is 1. The number of rotatable bonds is 5. The standard InChI is InChI=1S/C20H22N2O3/c23-19(21-17-11-5-2-6-12-17)18(15-8-3-1-4-9-15)22-13-7-10-16(14-22)20(24)25/h1-6,8-9,11-12,16,18H,7,10,13-14H2,(H,21,23)(H,24,25). The fourth-order valence-electron chi connectivity index (χ4n) is 3.34. The van der Waals surface area contributed by atoms with Crippen molar-refractivity contribution in [1.29, 1.82) is 0 Å². The van der Waals surface area contributed by atoms with Gasteiger partial charge in [-0.1, -0.05) is 48.5 Å². The number of piperidine rings is 1. The van der Waals surface area contributed by atoms with Crippen molar-refractivity contribution in [2.75, 3.05) is 18.4 Å². The summed E-state index contributed by atoms with van der Waals surface area (Å²) in [5, 5.41) is 12.3. The van der Waals surface area contributed by atoms with Crippen LogP contribution in [0.5, 0.6) is 0 Å². The van der Waals surface area contributed by atoms with Crippen LogP contribution in [0.3, 0.4) is 0 Å². The summed E-state index contributed by atoms with van der Waals surface area (Å²) in [5.74, 6) is -1.35. The van der Waals surface area contributed by atoms with Crippen LogP contribution in [0.2, 0.25) is 0 Å².